The maximum Gasteiger partial charge on any atom is 0.237 e. The van der Waals surface area contributed by atoms with Gasteiger partial charge in [0.05, 0.1) is 18.8 Å². The van der Waals surface area contributed by atoms with Gasteiger partial charge in [0.1, 0.15) is 6.10 Å². The fraction of sp³-hybridized carbons (Fsp3) is 0.923. The zero-order valence-corrected chi connectivity index (χ0v) is 11.5. The second-order valence-electron chi connectivity index (χ2n) is 5.11. The summed E-state index contributed by atoms with van der Waals surface area (Å²) >= 11 is 0. The minimum atomic E-state index is -0.588. The third-order valence-electron chi connectivity index (χ3n) is 3.34. The summed E-state index contributed by atoms with van der Waals surface area (Å²) in [6, 6.07) is 0. The molecule has 1 unspecified atom stereocenters. The molecule has 5 nitrogen and oxygen atoms in total. The SMILES string of the molecule is CCCNC(C)(CCCCOC1COC1)C(N)=O. The molecular weight excluding hydrogens is 232 g/mol. The lowest BCUT2D eigenvalue weighted by Gasteiger charge is -2.28. The Morgan fingerprint density at radius 2 is 2.22 bits per heavy atom. The van der Waals surface area contributed by atoms with Gasteiger partial charge in [-0.3, -0.25) is 4.79 Å². The molecule has 106 valence electrons. The van der Waals surface area contributed by atoms with Crippen molar-refractivity contribution < 1.29 is 14.3 Å². The van der Waals surface area contributed by atoms with E-state index in [1.165, 1.54) is 0 Å². The Balaban J connectivity index is 2.13. The van der Waals surface area contributed by atoms with E-state index in [2.05, 4.69) is 12.2 Å². The summed E-state index contributed by atoms with van der Waals surface area (Å²) in [4.78, 5) is 11.5. The number of nitrogens with one attached hydrogen (secondary N) is 1. The summed E-state index contributed by atoms with van der Waals surface area (Å²) in [5, 5.41) is 3.23. The highest BCUT2D eigenvalue weighted by Crippen LogP contribution is 2.14. The number of rotatable bonds is 10. The summed E-state index contributed by atoms with van der Waals surface area (Å²) in [5.74, 6) is -0.274. The number of hydrogen-bond acceptors (Lipinski definition) is 4. The van der Waals surface area contributed by atoms with Crippen LogP contribution in [0.15, 0.2) is 0 Å². The van der Waals surface area contributed by atoms with E-state index in [0.717, 1.165) is 52.0 Å². The smallest absolute Gasteiger partial charge is 0.237 e. The monoisotopic (exact) mass is 258 g/mol. The summed E-state index contributed by atoms with van der Waals surface area (Å²) in [7, 11) is 0. The van der Waals surface area contributed by atoms with Gasteiger partial charge >= 0.3 is 0 Å². The van der Waals surface area contributed by atoms with Crippen molar-refractivity contribution in [1.29, 1.82) is 0 Å². The molecule has 0 aromatic rings. The Morgan fingerprint density at radius 3 is 2.72 bits per heavy atom. The molecule has 1 fully saturated rings. The fourth-order valence-corrected chi connectivity index (χ4v) is 1.84. The average Bonchev–Trinajstić information content (AvgIpc) is 2.28. The Kier molecular flexibility index (Phi) is 6.60. The van der Waals surface area contributed by atoms with Gasteiger partial charge in [-0.1, -0.05) is 6.92 Å². The van der Waals surface area contributed by atoms with Crippen molar-refractivity contribution in [3.63, 3.8) is 0 Å². The highest BCUT2D eigenvalue weighted by Gasteiger charge is 2.29. The van der Waals surface area contributed by atoms with E-state index < -0.39 is 5.54 Å². The molecule has 3 N–H and O–H groups in total. The van der Waals surface area contributed by atoms with Crippen LogP contribution in [0.5, 0.6) is 0 Å². The van der Waals surface area contributed by atoms with Crippen LogP contribution in [0.25, 0.3) is 0 Å². The van der Waals surface area contributed by atoms with Gasteiger partial charge in [0.2, 0.25) is 5.91 Å². The number of unbranched alkanes of at least 4 members (excludes halogenated alkanes) is 1. The van der Waals surface area contributed by atoms with E-state index in [-0.39, 0.29) is 12.0 Å². The van der Waals surface area contributed by atoms with Crippen molar-refractivity contribution in [2.75, 3.05) is 26.4 Å². The van der Waals surface area contributed by atoms with Crippen molar-refractivity contribution in [3.8, 4) is 0 Å². The molecule has 1 amide bonds. The highest BCUT2D eigenvalue weighted by atomic mass is 16.6. The van der Waals surface area contributed by atoms with E-state index in [0.29, 0.717) is 0 Å². The van der Waals surface area contributed by atoms with Crippen LogP contribution in [0.1, 0.15) is 39.5 Å². The molecule has 0 aromatic heterocycles. The molecule has 0 spiro atoms. The maximum absolute atomic E-state index is 11.5. The van der Waals surface area contributed by atoms with Crippen molar-refractivity contribution in [2.24, 2.45) is 5.73 Å². The fourth-order valence-electron chi connectivity index (χ4n) is 1.84. The Hall–Kier alpha value is -0.650. The van der Waals surface area contributed by atoms with Crippen molar-refractivity contribution in [3.05, 3.63) is 0 Å². The Bertz CT molecular complexity index is 257. The van der Waals surface area contributed by atoms with Crippen LogP contribution in [0.2, 0.25) is 0 Å². The minimum absolute atomic E-state index is 0.274. The van der Waals surface area contributed by atoms with Gasteiger partial charge in [-0.15, -0.1) is 0 Å². The van der Waals surface area contributed by atoms with E-state index in [4.69, 9.17) is 15.2 Å². The van der Waals surface area contributed by atoms with Crippen molar-refractivity contribution in [2.45, 2.75) is 51.2 Å². The standard InChI is InChI=1S/C13H26N2O3/c1-3-7-15-13(2,12(14)16)6-4-5-8-18-11-9-17-10-11/h11,15H,3-10H2,1-2H3,(H2,14,16). The summed E-state index contributed by atoms with van der Waals surface area (Å²) in [6.45, 7) is 6.94. The molecule has 1 atom stereocenters. The van der Waals surface area contributed by atoms with Crippen molar-refractivity contribution in [1.82, 2.24) is 5.32 Å². The van der Waals surface area contributed by atoms with Gasteiger partial charge < -0.3 is 20.5 Å². The molecule has 1 rings (SSSR count). The first-order chi connectivity index (χ1) is 8.58. The van der Waals surface area contributed by atoms with E-state index in [9.17, 15) is 4.79 Å². The third kappa shape index (κ3) is 4.92. The topological polar surface area (TPSA) is 73.6 Å². The lowest BCUT2D eigenvalue weighted by atomic mass is 9.94. The van der Waals surface area contributed by atoms with Gasteiger partial charge in [0.15, 0.2) is 0 Å². The first-order valence-electron chi connectivity index (χ1n) is 6.83. The summed E-state index contributed by atoms with van der Waals surface area (Å²) in [5.41, 5.74) is 4.87. The first kappa shape index (κ1) is 15.4. The van der Waals surface area contributed by atoms with Crippen LogP contribution < -0.4 is 11.1 Å². The minimum Gasteiger partial charge on any atom is -0.376 e. The largest absolute Gasteiger partial charge is 0.376 e. The van der Waals surface area contributed by atoms with Crippen LogP contribution in [-0.2, 0) is 14.3 Å². The number of carbonyl (C=O) groups excluding carboxylic acids is 1. The normalized spacial score (nSPS) is 19.2. The molecule has 1 heterocycles. The summed E-state index contributed by atoms with van der Waals surface area (Å²) in [6.07, 6.45) is 3.92. The molecular formula is C13H26N2O3. The number of nitrogens with two attached hydrogens (primary N) is 1. The second-order valence-corrected chi connectivity index (χ2v) is 5.11. The Labute approximate surface area is 109 Å². The molecule has 1 aliphatic rings. The van der Waals surface area contributed by atoms with Crippen molar-refractivity contribution >= 4 is 5.91 Å². The predicted octanol–water partition coefficient (Wildman–Crippen LogP) is 0.816. The van der Waals surface area contributed by atoms with Crippen LogP contribution >= 0.6 is 0 Å². The van der Waals surface area contributed by atoms with Gasteiger partial charge in [0.25, 0.3) is 0 Å². The average molecular weight is 258 g/mol. The van der Waals surface area contributed by atoms with E-state index in [1.807, 2.05) is 6.92 Å². The molecule has 0 bridgehead atoms. The van der Waals surface area contributed by atoms with Gasteiger partial charge in [-0.25, -0.2) is 0 Å². The lowest BCUT2D eigenvalue weighted by Crippen LogP contribution is -2.53. The first-order valence-corrected chi connectivity index (χ1v) is 6.83. The van der Waals surface area contributed by atoms with E-state index >= 15 is 0 Å². The van der Waals surface area contributed by atoms with Gasteiger partial charge in [-0.05, 0) is 39.2 Å². The molecule has 0 aromatic carbocycles. The lowest BCUT2D eigenvalue weighted by molar-refractivity contribution is -0.130. The van der Waals surface area contributed by atoms with Gasteiger partial charge in [-0.2, -0.15) is 0 Å². The number of primary amides is 1. The van der Waals surface area contributed by atoms with Gasteiger partial charge in [0, 0.05) is 6.61 Å². The number of carbonyl (C=O) groups is 1. The molecule has 0 saturated carbocycles. The number of amides is 1. The van der Waals surface area contributed by atoms with E-state index in [1.54, 1.807) is 0 Å². The van der Waals surface area contributed by atoms with Crippen LogP contribution in [0.4, 0.5) is 0 Å². The Morgan fingerprint density at radius 1 is 1.50 bits per heavy atom. The third-order valence-corrected chi connectivity index (χ3v) is 3.34. The highest BCUT2D eigenvalue weighted by molar-refractivity contribution is 5.84. The quantitative estimate of drug-likeness (QED) is 0.569. The number of hydrogen-bond donors (Lipinski definition) is 2. The zero-order valence-electron chi connectivity index (χ0n) is 11.5. The molecule has 18 heavy (non-hydrogen) atoms. The molecule has 0 radical (unpaired) electrons. The molecule has 1 aliphatic heterocycles. The number of ether oxygens (including phenoxy) is 2. The van der Waals surface area contributed by atoms with Crippen LogP contribution in [-0.4, -0.2) is 43.9 Å². The molecule has 5 heteroatoms. The van der Waals surface area contributed by atoms with Crippen LogP contribution in [0.3, 0.4) is 0 Å². The second kappa shape index (κ2) is 7.71. The summed E-state index contributed by atoms with van der Waals surface area (Å²) < 4.78 is 10.6. The molecule has 1 saturated heterocycles. The molecule has 0 aliphatic carbocycles. The van der Waals surface area contributed by atoms with Crippen LogP contribution in [0, 0.1) is 0 Å². The zero-order chi connectivity index (χ0) is 13.4. The maximum atomic E-state index is 11.5. The predicted molar refractivity (Wildman–Crippen MR) is 70.3 cm³/mol.